The zero-order valence-electron chi connectivity index (χ0n) is 12.4. The molecule has 0 aromatic heterocycles. The van der Waals surface area contributed by atoms with Gasteiger partial charge in [0.2, 0.25) is 0 Å². The molecule has 7 heteroatoms. The van der Waals surface area contributed by atoms with Crippen molar-refractivity contribution in [2.45, 2.75) is 25.2 Å². The second kappa shape index (κ2) is 7.17. The van der Waals surface area contributed by atoms with Gasteiger partial charge in [0.15, 0.2) is 0 Å². The lowest BCUT2D eigenvalue weighted by atomic mass is 10.1. The molecule has 1 N–H and O–H groups in total. The predicted octanol–water partition coefficient (Wildman–Crippen LogP) is 2.94. The maximum Gasteiger partial charge on any atom is 0.403 e. The molecule has 0 aliphatic carbocycles. The van der Waals surface area contributed by atoms with Gasteiger partial charge in [0.1, 0.15) is 6.04 Å². The van der Waals surface area contributed by atoms with Gasteiger partial charge in [0.25, 0.3) is 0 Å². The van der Waals surface area contributed by atoms with Crippen LogP contribution in [0.4, 0.5) is 13.2 Å². The fourth-order valence-corrected chi connectivity index (χ4v) is 2.70. The maximum absolute atomic E-state index is 12.7. The van der Waals surface area contributed by atoms with Crippen molar-refractivity contribution in [3.8, 4) is 0 Å². The molecule has 3 nitrogen and oxygen atoms in total. The first-order valence-electron chi connectivity index (χ1n) is 7.24. The van der Waals surface area contributed by atoms with Crippen LogP contribution in [0.2, 0.25) is 5.02 Å². The van der Waals surface area contributed by atoms with E-state index in [1.807, 2.05) is 4.90 Å². The number of hydrogen-bond donors (Lipinski definition) is 1. The molecular formula is C15H20ClF3N2O. The van der Waals surface area contributed by atoms with Crippen molar-refractivity contribution < 1.29 is 18.3 Å². The minimum absolute atomic E-state index is 0.355. The van der Waals surface area contributed by atoms with Crippen LogP contribution in [-0.4, -0.2) is 59.8 Å². The van der Waals surface area contributed by atoms with E-state index in [0.717, 1.165) is 5.56 Å². The molecule has 1 aromatic rings. The molecule has 0 amide bonds. The third-order valence-electron chi connectivity index (χ3n) is 4.11. The number of alkyl halides is 3. The Morgan fingerprint density at radius 3 is 2.18 bits per heavy atom. The Kier molecular flexibility index (Phi) is 5.71. The summed E-state index contributed by atoms with van der Waals surface area (Å²) in [5.41, 5.74) is 0.760. The van der Waals surface area contributed by atoms with Gasteiger partial charge >= 0.3 is 6.18 Å². The van der Waals surface area contributed by atoms with Crippen LogP contribution in [0, 0.1) is 0 Å². The van der Waals surface area contributed by atoms with Gasteiger partial charge in [0.05, 0.1) is 6.10 Å². The summed E-state index contributed by atoms with van der Waals surface area (Å²) in [6.45, 7) is 3.35. The summed E-state index contributed by atoms with van der Waals surface area (Å²) in [5.74, 6) is 0. The number of benzene rings is 1. The van der Waals surface area contributed by atoms with Gasteiger partial charge in [-0.15, -0.1) is 0 Å². The molecule has 1 heterocycles. The second-order valence-electron chi connectivity index (χ2n) is 5.62. The maximum atomic E-state index is 12.7. The fourth-order valence-electron chi connectivity index (χ4n) is 2.58. The van der Waals surface area contributed by atoms with Crippen LogP contribution >= 0.6 is 11.6 Å². The van der Waals surface area contributed by atoms with E-state index in [1.54, 1.807) is 24.3 Å². The fraction of sp³-hybridized carbons (Fsp3) is 0.600. The number of aliphatic hydroxyl groups excluding tert-OH is 1. The first kappa shape index (κ1) is 17.5. The molecule has 0 radical (unpaired) electrons. The quantitative estimate of drug-likeness (QED) is 0.916. The van der Waals surface area contributed by atoms with E-state index < -0.39 is 18.3 Å². The topological polar surface area (TPSA) is 26.7 Å². The Hall–Kier alpha value is -0.820. The Labute approximate surface area is 133 Å². The minimum Gasteiger partial charge on any atom is -0.387 e. The monoisotopic (exact) mass is 336 g/mol. The van der Waals surface area contributed by atoms with Crippen LogP contribution in [0.25, 0.3) is 0 Å². The van der Waals surface area contributed by atoms with Crippen LogP contribution in [0.5, 0.6) is 0 Å². The minimum atomic E-state index is -4.19. The Balaban J connectivity index is 1.83. The summed E-state index contributed by atoms with van der Waals surface area (Å²) in [7, 11) is 0. The summed E-state index contributed by atoms with van der Waals surface area (Å²) in [4.78, 5) is 3.42. The van der Waals surface area contributed by atoms with Crippen molar-refractivity contribution in [1.82, 2.24) is 9.80 Å². The molecule has 1 fully saturated rings. The number of β-amino-alcohol motifs (C(OH)–C–C–N with tert-alkyl or cyclic N) is 1. The molecule has 2 atom stereocenters. The third-order valence-corrected chi connectivity index (χ3v) is 4.37. The first-order valence-corrected chi connectivity index (χ1v) is 7.62. The van der Waals surface area contributed by atoms with Gasteiger partial charge in [-0.05, 0) is 24.6 Å². The van der Waals surface area contributed by atoms with Crippen molar-refractivity contribution in [3.63, 3.8) is 0 Å². The molecule has 1 saturated heterocycles. The highest BCUT2D eigenvalue weighted by Gasteiger charge is 2.40. The number of piperazine rings is 1. The van der Waals surface area contributed by atoms with E-state index >= 15 is 0 Å². The lowest BCUT2D eigenvalue weighted by Crippen LogP contribution is -2.54. The largest absolute Gasteiger partial charge is 0.403 e. The van der Waals surface area contributed by atoms with Gasteiger partial charge in [-0.1, -0.05) is 23.7 Å². The number of halogens is 4. The molecule has 2 rings (SSSR count). The van der Waals surface area contributed by atoms with Crippen LogP contribution in [0.15, 0.2) is 24.3 Å². The molecule has 1 aromatic carbocycles. The Morgan fingerprint density at radius 2 is 1.68 bits per heavy atom. The van der Waals surface area contributed by atoms with Gasteiger partial charge in [-0.25, -0.2) is 0 Å². The average molecular weight is 337 g/mol. The van der Waals surface area contributed by atoms with E-state index in [4.69, 9.17) is 11.6 Å². The second-order valence-corrected chi connectivity index (χ2v) is 6.06. The number of rotatable bonds is 4. The van der Waals surface area contributed by atoms with Crippen molar-refractivity contribution in [2.75, 3.05) is 32.7 Å². The van der Waals surface area contributed by atoms with Crippen molar-refractivity contribution in [2.24, 2.45) is 0 Å². The van der Waals surface area contributed by atoms with Gasteiger partial charge in [0, 0.05) is 37.7 Å². The summed E-state index contributed by atoms with van der Waals surface area (Å²) in [6, 6.07) is 5.52. The lowest BCUT2D eigenvalue weighted by Gasteiger charge is -2.39. The van der Waals surface area contributed by atoms with Crippen molar-refractivity contribution in [3.05, 3.63) is 34.9 Å². The molecule has 22 heavy (non-hydrogen) atoms. The van der Waals surface area contributed by atoms with Crippen LogP contribution in [0.3, 0.4) is 0 Å². The third kappa shape index (κ3) is 4.59. The van der Waals surface area contributed by atoms with Gasteiger partial charge in [-0.2, -0.15) is 13.2 Å². The summed E-state index contributed by atoms with van der Waals surface area (Å²) < 4.78 is 38.1. The highest BCUT2D eigenvalue weighted by atomic mass is 35.5. The molecule has 1 aliphatic rings. The summed E-state index contributed by atoms with van der Waals surface area (Å²) in [6.07, 6.45) is -4.85. The molecule has 124 valence electrons. The lowest BCUT2D eigenvalue weighted by molar-refractivity contribution is -0.182. The van der Waals surface area contributed by atoms with Crippen molar-refractivity contribution >= 4 is 11.6 Å². The molecule has 0 bridgehead atoms. The van der Waals surface area contributed by atoms with Gasteiger partial charge < -0.3 is 5.11 Å². The van der Waals surface area contributed by atoms with E-state index in [-0.39, 0.29) is 0 Å². The molecule has 2 unspecified atom stereocenters. The predicted molar refractivity (Wildman–Crippen MR) is 79.9 cm³/mol. The molecule has 0 spiro atoms. The zero-order valence-corrected chi connectivity index (χ0v) is 13.1. The summed E-state index contributed by atoms with van der Waals surface area (Å²) >= 11 is 5.80. The highest BCUT2D eigenvalue weighted by molar-refractivity contribution is 6.30. The highest BCUT2D eigenvalue weighted by Crippen LogP contribution is 2.25. The molecule has 0 saturated carbocycles. The van der Waals surface area contributed by atoms with Crippen molar-refractivity contribution in [1.29, 1.82) is 0 Å². The number of nitrogens with zero attached hydrogens (tertiary/aromatic N) is 2. The Morgan fingerprint density at radius 1 is 1.14 bits per heavy atom. The standard InChI is InChI=1S/C15H20ClF3N2O/c1-11(15(17,18)19)21-8-6-20(7-9-21)10-14(22)12-2-4-13(16)5-3-12/h2-5,11,14,22H,6-10H2,1H3. The van der Waals surface area contributed by atoms with E-state index in [2.05, 4.69) is 0 Å². The van der Waals surface area contributed by atoms with E-state index in [9.17, 15) is 18.3 Å². The average Bonchev–Trinajstić information content (AvgIpc) is 2.47. The normalized spacial score (nSPS) is 20.8. The Bertz CT molecular complexity index is 473. The summed E-state index contributed by atoms with van der Waals surface area (Å²) in [5, 5.41) is 10.8. The SMILES string of the molecule is CC(N1CCN(CC(O)c2ccc(Cl)cc2)CC1)C(F)(F)F. The smallest absolute Gasteiger partial charge is 0.387 e. The van der Waals surface area contributed by atoms with Gasteiger partial charge in [-0.3, -0.25) is 9.80 Å². The molecular weight excluding hydrogens is 317 g/mol. The van der Waals surface area contributed by atoms with E-state index in [1.165, 1.54) is 11.8 Å². The van der Waals surface area contributed by atoms with Crippen LogP contribution in [-0.2, 0) is 0 Å². The van der Waals surface area contributed by atoms with Crippen LogP contribution < -0.4 is 0 Å². The van der Waals surface area contributed by atoms with Crippen LogP contribution in [0.1, 0.15) is 18.6 Å². The molecule has 1 aliphatic heterocycles. The zero-order chi connectivity index (χ0) is 16.3. The number of aliphatic hydroxyl groups is 1. The first-order chi connectivity index (χ1) is 10.3. The van der Waals surface area contributed by atoms with E-state index in [0.29, 0.717) is 37.7 Å². The number of hydrogen-bond acceptors (Lipinski definition) is 3.